The van der Waals surface area contributed by atoms with Crippen molar-refractivity contribution in [2.75, 3.05) is 14.2 Å². The SMILES string of the molecule is COC(=O)c1ccoc1CN(C)C(C)c1cccc([N+](=O)[O-])c1. The number of nitro groups is 1. The molecule has 1 heterocycles. The van der Waals surface area contributed by atoms with E-state index in [1.165, 1.54) is 19.4 Å². The van der Waals surface area contributed by atoms with Crippen molar-refractivity contribution in [3.05, 3.63) is 63.6 Å². The van der Waals surface area contributed by atoms with Crippen molar-refractivity contribution in [2.45, 2.75) is 19.5 Å². The van der Waals surface area contributed by atoms with Gasteiger partial charge in [0.15, 0.2) is 0 Å². The summed E-state index contributed by atoms with van der Waals surface area (Å²) in [6, 6.07) is 7.96. The van der Waals surface area contributed by atoms with Crippen LogP contribution in [0.15, 0.2) is 41.0 Å². The standard InChI is InChI=1S/C16H18N2O5/c1-11(12-5-4-6-13(9-12)18(20)21)17(2)10-15-14(7-8-23-15)16(19)22-3/h4-9,11H,10H2,1-3H3. The van der Waals surface area contributed by atoms with Crippen LogP contribution in [0.25, 0.3) is 0 Å². The summed E-state index contributed by atoms with van der Waals surface area (Å²) in [5.41, 5.74) is 1.24. The Morgan fingerprint density at radius 2 is 2.17 bits per heavy atom. The van der Waals surface area contributed by atoms with E-state index in [0.717, 1.165) is 5.56 Å². The lowest BCUT2D eigenvalue weighted by Gasteiger charge is -2.24. The third kappa shape index (κ3) is 3.75. The van der Waals surface area contributed by atoms with Gasteiger partial charge in [-0.25, -0.2) is 4.79 Å². The predicted octanol–water partition coefficient (Wildman–Crippen LogP) is 3.17. The summed E-state index contributed by atoms with van der Waals surface area (Å²) < 4.78 is 10.1. The number of hydrogen-bond acceptors (Lipinski definition) is 6. The molecular weight excluding hydrogens is 300 g/mol. The molecule has 23 heavy (non-hydrogen) atoms. The fraction of sp³-hybridized carbons (Fsp3) is 0.312. The number of furan rings is 1. The van der Waals surface area contributed by atoms with Gasteiger partial charge in [0.2, 0.25) is 0 Å². The molecule has 1 atom stereocenters. The van der Waals surface area contributed by atoms with Gasteiger partial charge in [-0.15, -0.1) is 0 Å². The van der Waals surface area contributed by atoms with E-state index in [2.05, 4.69) is 0 Å². The highest BCUT2D eigenvalue weighted by Crippen LogP contribution is 2.25. The summed E-state index contributed by atoms with van der Waals surface area (Å²) in [5.74, 6) is 0.0433. The highest BCUT2D eigenvalue weighted by atomic mass is 16.6. The maximum atomic E-state index is 11.7. The van der Waals surface area contributed by atoms with Crippen LogP contribution in [0.1, 0.15) is 34.6 Å². The number of esters is 1. The van der Waals surface area contributed by atoms with Gasteiger partial charge in [0.1, 0.15) is 11.3 Å². The van der Waals surface area contributed by atoms with E-state index in [4.69, 9.17) is 9.15 Å². The Kier molecular flexibility index (Phi) is 5.13. The van der Waals surface area contributed by atoms with Crippen molar-refractivity contribution in [3.63, 3.8) is 0 Å². The van der Waals surface area contributed by atoms with Crippen LogP contribution in [0.4, 0.5) is 5.69 Å². The highest BCUT2D eigenvalue weighted by Gasteiger charge is 2.20. The van der Waals surface area contributed by atoms with Crippen molar-refractivity contribution in [1.29, 1.82) is 0 Å². The molecule has 0 saturated carbocycles. The highest BCUT2D eigenvalue weighted by molar-refractivity contribution is 5.90. The Labute approximate surface area is 133 Å². The summed E-state index contributed by atoms with van der Waals surface area (Å²) in [6.07, 6.45) is 1.44. The number of methoxy groups -OCH3 is 1. The Morgan fingerprint density at radius 3 is 2.83 bits per heavy atom. The minimum atomic E-state index is -0.454. The fourth-order valence-electron chi connectivity index (χ4n) is 2.27. The van der Waals surface area contributed by atoms with Gasteiger partial charge < -0.3 is 9.15 Å². The van der Waals surface area contributed by atoms with Crippen molar-refractivity contribution in [1.82, 2.24) is 4.90 Å². The van der Waals surface area contributed by atoms with Crippen LogP contribution < -0.4 is 0 Å². The number of rotatable bonds is 6. The van der Waals surface area contributed by atoms with Gasteiger partial charge >= 0.3 is 5.97 Å². The summed E-state index contributed by atoms with van der Waals surface area (Å²) in [7, 11) is 3.17. The van der Waals surface area contributed by atoms with Crippen molar-refractivity contribution in [2.24, 2.45) is 0 Å². The van der Waals surface area contributed by atoms with E-state index in [1.54, 1.807) is 18.2 Å². The van der Waals surface area contributed by atoms with Crippen LogP contribution in [0.5, 0.6) is 0 Å². The van der Waals surface area contributed by atoms with E-state index >= 15 is 0 Å². The zero-order chi connectivity index (χ0) is 17.0. The number of non-ortho nitro benzene ring substituents is 1. The molecule has 0 aliphatic heterocycles. The molecule has 1 unspecified atom stereocenters. The van der Waals surface area contributed by atoms with E-state index in [0.29, 0.717) is 17.9 Å². The minimum Gasteiger partial charge on any atom is -0.467 e. The molecule has 0 aliphatic carbocycles. The molecule has 0 aliphatic rings. The number of nitrogens with zero attached hydrogens (tertiary/aromatic N) is 2. The van der Waals surface area contributed by atoms with Gasteiger partial charge in [-0.2, -0.15) is 0 Å². The lowest BCUT2D eigenvalue weighted by atomic mass is 10.1. The molecule has 122 valence electrons. The van der Waals surface area contributed by atoms with Gasteiger partial charge in [-0.3, -0.25) is 15.0 Å². The summed E-state index contributed by atoms with van der Waals surface area (Å²) in [4.78, 5) is 24.1. The average molecular weight is 318 g/mol. The second-order valence-corrected chi connectivity index (χ2v) is 5.19. The second-order valence-electron chi connectivity index (χ2n) is 5.19. The first-order valence-corrected chi connectivity index (χ1v) is 7.03. The summed E-state index contributed by atoms with van der Waals surface area (Å²) >= 11 is 0. The zero-order valence-corrected chi connectivity index (χ0v) is 13.2. The lowest BCUT2D eigenvalue weighted by Crippen LogP contribution is -2.22. The molecule has 0 radical (unpaired) electrons. The number of nitro benzene ring substituents is 1. The van der Waals surface area contributed by atoms with Crippen LogP contribution in [0, 0.1) is 10.1 Å². The van der Waals surface area contributed by atoms with E-state index in [9.17, 15) is 14.9 Å². The fourth-order valence-corrected chi connectivity index (χ4v) is 2.27. The smallest absolute Gasteiger partial charge is 0.341 e. The molecule has 2 rings (SSSR count). The maximum absolute atomic E-state index is 11.7. The third-order valence-corrected chi connectivity index (χ3v) is 3.77. The van der Waals surface area contributed by atoms with E-state index < -0.39 is 10.9 Å². The van der Waals surface area contributed by atoms with Gasteiger partial charge in [0.05, 0.1) is 24.8 Å². The molecule has 0 spiro atoms. The van der Waals surface area contributed by atoms with Gasteiger partial charge in [-0.05, 0) is 25.6 Å². The monoisotopic (exact) mass is 318 g/mol. The Hall–Kier alpha value is -2.67. The minimum absolute atomic E-state index is 0.0519. The summed E-state index contributed by atoms with van der Waals surface area (Å²) in [6.45, 7) is 2.31. The van der Waals surface area contributed by atoms with E-state index in [-0.39, 0.29) is 11.7 Å². The quantitative estimate of drug-likeness (QED) is 0.462. The molecule has 1 aromatic heterocycles. The van der Waals surface area contributed by atoms with Gasteiger partial charge in [-0.1, -0.05) is 12.1 Å². The molecular formula is C16H18N2O5. The largest absolute Gasteiger partial charge is 0.467 e. The summed E-state index contributed by atoms with van der Waals surface area (Å²) in [5, 5.41) is 10.9. The lowest BCUT2D eigenvalue weighted by molar-refractivity contribution is -0.384. The van der Waals surface area contributed by atoms with Crippen LogP contribution in [0.3, 0.4) is 0 Å². The Morgan fingerprint density at radius 1 is 1.43 bits per heavy atom. The van der Waals surface area contributed by atoms with Crippen LogP contribution in [0.2, 0.25) is 0 Å². The number of carbonyl (C=O) groups is 1. The number of benzene rings is 1. The molecule has 0 saturated heterocycles. The molecule has 7 heteroatoms. The van der Waals surface area contributed by atoms with Gasteiger partial charge in [0, 0.05) is 18.2 Å². The molecule has 2 aromatic rings. The first-order chi connectivity index (χ1) is 10.9. The topological polar surface area (TPSA) is 85.8 Å². The van der Waals surface area contributed by atoms with Crippen molar-refractivity contribution >= 4 is 11.7 Å². The molecule has 1 aromatic carbocycles. The maximum Gasteiger partial charge on any atom is 0.341 e. The van der Waals surface area contributed by atoms with Crippen LogP contribution in [-0.4, -0.2) is 29.9 Å². The molecule has 7 nitrogen and oxygen atoms in total. The first-order valence-electron chi connectivity index (χ1n) is 7.03. The Balaban J connectivity index is 2.16. The molecule has 0 fully saturated rings. The number of ether oxygens (including phenoxy) is 1. The number of carbonyl (C=O) groups excluding carboxylic acids is 1. The van der Waals surface area contributed by atoms with Gasteiger partial charge in [0.25, 0.3) is 5.69 Å². The van der Waals surface area contributed by atoms with Crippen molar-refractivity contribution in [3.8, 4) is 0 Å². The second kappa shape index (κ2) is 7.06. The number of hydrogen-bond donors (Lipinski definition) is 0. The molecule has 0 amide bonds. The zero-order valence-electron chi connectivity index (χ0n) is 13.2. The van der Waals surface area contributed by atoms with E-state index in [1.807, 2.05) is 24.9 Å². The van der Waals surface area contributed by atoms with Crippen LogP contribution >= 0.6 is 0 Å². The average Bonchev–Trinajstić information content (AvgIpc) is 3.01. The third-order valence-electron chi connectivity index (χ3n) is 3.77. The van der Waals surface area contributed by atoms with Crippen LogP contribution in [-0.2, 0) is 11.3 Å². The predicted molar refractivity (Wildman–Crippen MR) is 83.0 cm³/mol. The normalized spacial score (nSPS) is 12.2. The molecule has 0 N–H and O–H groups in total. The first kappa shape index (κ1) is 16.7. The Bertz CT molecular complexity index is 710. The van der Waals surface area contributed by atoms with Crippen molar-refractivity contribution < 1.29 is 18.9 Å². The molecule has 0 bridgehead atoms.